The molecule has 2 amide bonds. The number of nitrogens with zero attached hydrogens (tertiary/aromatic N) is 2. The van der Waals surface area contributed by atoms with Crippen LogP contribution in [0.5, 0.6) is 0 Å². The largest absolute Gasteiger partial charge is 0.393 e. The molecule has 5 heteroatoms. The number of carbonyl (C=O) groups excluding carboxylic acids is 2. The molecular weight excluding hydrogens is 268 g/mol. The van der Waals surface area contributed by atoms with Gasteiger partial charge in [0.25, 0.3) is 11.8 Å². The summed E-state index contributed by atoms with van der Waals surface area (Å²) in [5, 5.41) is 9.73. The van der Waals surface area contributed by atoms with Gasteiger partial charge in [0, 0.05) is 26.2 Å². The molecule has 2 unspecified atom stereocenters. The van der Waals surface area contributed by atoms with E-state index in [0.717, 1.165) is 19.5 Å². The summed E-state index contributed by atoms with van der Waals surface area (Å²) in [5.41, 5.74) is 1.01. The predicted molar refractivity (Wildman–Crippen MR) is 78.0 cm³/mol. The number of likely N-dealkylation sites (tertiary alicyclic amines) is 1. The summed E-state index contributed by atoms with van der Waals surface area (Å²) in [6, 6.07) is 6.96. The van der Waals surface area contributed by atoms with Gasteiger partial charge in [0.2, 0.25) is 0 Å². The number of carbonyl (C=O) groups is 2. The first-order valence-corrected chi connectivity index (χ1v) is 7.43. The van der Waals surface area contributed by atoms with Crippen molar-refractivity contribution in [2.75, 3.05) is 26.2 Å². The first kappa shape index (κ1) is 14.2. The molecule has 2 atom stereocenters. The third-order valence-electron chi connectivity index (χ3n) is 4.46. The Bertz CT molecular complexity index is 537. The maximum Gasteiger partial charge on any atom is 0.261 e. The van der Waals surface area contributed by atoms with Crippen LogP contribution in [0.3, 0.4) is 0 Å². The molecule has 2 heterocycles. The summed E-state index contributed by atoms with van der Waals surface area (Å²) in [7, 11) is 0. The van der Waals surface area contributed by atoms with Gasteiger partial charge in [-0.2, -0.15) is 0 Å². The van der Waals surface area contributed by atoms with E-state index in [4.69, 9.17) is 0 Å². The van der Waals surface area contributed by atoms with Crippen molar-refractivity contribution in [3.8, 4) is 0 Å². The Morgan fingerprint density at radius 3 is 2.33 bits per heavy atom. The van der Waals surface area contributed by atoms with Crippen molar-refractivity contribution in [2.45, 2.75) is 19.4 Å². The number of amides is 2. The second-order valence-electron chi connectivity index (χ2n) is 5.94. The smallest absolute Gasteiger partial charge is 0.261 e. The molecule has 0 bridgehead atoms. The number of rotatable bonds is 3. The van der Waals surface area contributed by atoms with Crippen LogP contribution in [0.4, 0.5) is 0 Å². The van der Waals surface area contributed by atoms with Crippen molar-refractivity contribution in [3.63, 3.8) is 0 Å². The first-order chi connectivity index (χ1) is 10.1. The maximum atomic E-state index is 12.2. The Morgan fingerprint density at radius 1 is 1.14 bits per heavy atom. The van der Waals surface area contributed by atoms with Gasteiger partial charge in [-0.1, -0.05) is 19.1 Å². The van der Waals surface area contributed by atoms with Gasteiger partial charge in [-0.3, -0.25) is 14.5 Å². The fourth-order valence-corrected chi connectivity index (χ4v) is 3.11. The minimum atomic E-state index is -0.236. The molecule has 3 rings (SSSR count). The van der Waals surface area contributed by atoms with Crippen LogP contribution >= 0.6 is 0 Å². The summed E-state index contributed by atoms with van der Waals surface area (Å²) >= 11 is 0. The van der Waals surface area contributed by atoms with Crippen LogP contribution in [0.25, 0.3) is 0 Å². The maximum absolute atomic E-state index is 12.2. The zero-order chi connectivity index (χ0) is 15.0. The highest BCUT2D eigenvalue weighted by molar-refractivity contribution is 6.21. The number of aliphatic hydroxyl groups is 1. The molecule has 0 aliphatic carbocycles. The fraction of sp³-hybridized carbons (Fsp3) is 0.500. The molecule has 1 fully saturated rings. The molecule has 1 N–H and O–H groups in total. The van der Waals surface area contributed by atoms with Crippen LogP contribution < -0.4 is 0 Å². The molecule has 21 heavy (non-hydrogen) atoms. The van der Waals surface area contributed by atoms with Crippen LogP contribution in [0.1, 0.15) is 34.1 Å². The van der Waals surface area contributed by atoms with E-state index < -0.39 is 0 Å². The summed E-state index contributed by atoms with van der Waals surface area (Å²) in [6.45, 7) is 4.73. The number of hydrogen-bond acceptors (Lipinski definition) is 4. The molecular formula is C16H20N2O3. The number of aliphatic hydroxyl groups excluding tert-OH is 1. The van der Waals surface area contributed by atoms with Crippen molar-refractivity contribution in [1.29, 1.82) is 0 Å². The van der Waals surface area contributed by atoms with Gasteiger partial charge in [0.1, 0.15) is 0 Å². The molecule has 0 saturated carbocycles. The predicted octanol–water partition coefficient (Wildman–Crippen LogP) is 0.985. The minimum Gasteiger partial charge on any atom is -0.393 e. The van der Waals surface area contributed by atoms with Gasteiger partial charge in [-0.05, 0) is 24.5 Å². The van der Waals surface area contributed by atoms with Gasteiger partial charge in [0.05, 0.1) is 17.2 Å². The van der Waals surface area contributed by atoms with Crippen LogP contribution in [-0.2, 0) is 0 Å². The van der Waals surface area contributed by atoms with Gasteiger partial charge in [-0.25, -0.2) is 0 Å². The molecule has 2 aliphatic rings. The molecule has 1 aromatic carbocycles. The molecule has 0 radical (unpaired) electrons. The van der Waals surface area contributed by atoms with E-state index in [0.29, 0.717) is 24.2 Å². The van der Waals surface area contributed by atoms with Crippen LogP contribution in [0.2, 0.25) is 0 Å². The monoisotopic (exact) mass is 288 g/mol. The van der Waals surface area contributed by atoms with Gasteiger partial charge < -0.3 is 10.0 Å². The van der Waals surface area contributed by atoms with Crippen molar-refractivity contribution in [2.24, 2.45) is 5.92 Å². The average molecular weight is 288 g/mol. The fourth-order valence-electron chi connectivity index (χ4n) is 3.11. The zero-order valence-corrected chi connectivity index (χ0v) is 12.2. The van der Waals surface area contributed by atoms with E-state index in [1.54, 1.807) is 24.3 Å². The number of fused-ring (bicyclic) bond motifs is 1. The average Bonchev–Trinajstić information content (AvgIpc) is 2.73. The van der Waals surface area contributed by atoms with Gasteiger partial charge >= 0.3 is 0 Å². The Kier molecular flexibility index (Phi) is 3.78. The van der Waals surface area contributed by atoms with Crippen molar-refractivity contribution in [1.82, 2.24) is 9.80 Å². The molecule has 5 nitrogen and oxygen atoms in total. The second kappa shape index (κ2) is 5.58. The number of hydrogen-bond donors (Lipinski definition) is 1. The van der Waals surface area contributed by atoms with Crippen LogP contribution in [-0.4, -0.2) is 59.0 Å². The Hall–Kier alpha value is -1.72. The summed E-state index contributed by atoms with van der Waals surface area (Å²) < 4.78 is 0. The van der Waals surface area contributed by atoms with Crippen LogP contribution in [0, 0.1) is 5.92 Å². The Morgan fingerprint density at radius 2 is 1.76 bits per heavy atom. The topological polar surface area (TPSA) is 60.9 Å². The van der Waals surface area contributed by atoms with E-state index in [9.17, 15) is 14.7 Å². The first-order valence-electron chi connectivity index (χ1n) is 7.43. The van der Waals surface area contributed by atoms with E-state index in [1.807, 2.05) is 6.92 Å². The minimum absolute atomic E-state index is 0.194. The van der Waals surface area contributed by atoms with E-state index in [1.165, 1.54) is 4.90 Å². The molecule has 0 aromatic heterocycles. The SMILES string of the molecule is CC1CN(CCN2C(=O)c3ccccc3C2=O)CCC1O. The van der Waals surface area contributed by atoms with Crippen molar-refractivity contribution in [3.05, 3.63) is 35.4 Å². The zero-order valence-electron chi connectivity index (χ0n) is 12.2. The lowest BCUT2D eigenvalue weighted by atomic mass is 9.97. The van der Waals surface area contributed by atoms with Crippen molar-refractivity contribution < 1.29 is 14.7 Å². The highest BCUT2D eigenvalue weighted by atomic mass is 16.3. The van der Waals surface area contributed by atoms with Crippen molar-refractivity contribution >= 4 is 11.8 Å². The quantitative estimate of drug-likeness (QED) is 0.843. The normalized spacial score (nSPS) is 26.3. The highest BCUT2D eigenvalue weighted by Gasteiger charge is 2.35. The highest BCUT2D eigenvalue weighted by Crippen LogP contribution is 2.22. The molecule has 1 aromatic rings. The Balaban J connectivity index is 1.62. The summed E-state index contributed by atoms with van der Waals surface area (Å²) in [4.78, 5) is 28.0. The lowest BCUT2D eigenvalue weighted by Crippen LogP contribution is -2.45. The van der Waals surface area contributed by atoms with Crippen LogP contribution in [0.15, 0.2) is 24.3 Å². The second-order valence-corrected chi connectivity index (χ2v) is 5.94. The van der Waals surface area contributed by atoms with E-state index in [-0.39, 0.29) is 23.8 Å². The number of piperidine rings is 1. The third-order valence-corrected chi connectivity index (χ3v) is 4.46. The molecule has 0 spiro atoms. The number of imide groups is 1. The molecule has 2 aliphatic heterocycles. The molecule has 112 valence electrons. The lowest BCUT2D eigenvalue weighted by molar-refractivity contribution is 0.0304. The lowest BCUT2D eigenvalue weighted by Gasteiger charge is -2.34. The van der Waals surface area contributed by atoms with Gasteiger partial charge in [-0.15, -0.1) is 0 Å². The number of benzene rings is 1. The van der Waals surface area contributed by atoms with E-state index >= 15 is 0 Å². The third kappa shape index (κ3) is 2.59. The molecule has 1 saturated heterocycles. The summed E-state index contributed by atoms with van der Waals surface area (Å²) in [5.74, 6) is -0.151. The van der Waals surface area contributed by atoms with E-state index in [2.05, 4.69) is 4.90 Å². The Labute approximate surface area is 124 Å². The van der Waals surface area contributed by atoms with Gasteiger partial charge in [0.15, 0.2) is 0 Å². The summed E-state index contributed by atoms with van der Waals surface area (Å²) in [6.07, 6.45) is 0.518. The standard InChI is InChI=1S/C16H20N2O3/c1-11-10-17(7-6-14(11)19)8-9-18-15(20)12-4-2-3-5-13(12)16(18)21/h2-5,11,14,19H,6-10H2,1H3.